The molecule has 0 heterocycles. The Morgan fingerprint density at radius 2 is 2.21 bits per heavy atom. The van der Waals surface area contributed by atoms with E-state index in [0.717, 1.165) is 18.4 Å². The molecule has 5 heteroatoms. The molecule has 1 aliphatic rings. The Kier molecular flexibility index (Phi) is 4.63. The van der Waals surface area contributed by atoms with E-state index in [-0.39, 0.29) is 12.5 Å². The highest BCUT2D eigenvalue weighted by atomic mass is 16.5. The number of carbonyl (C=O) groups excluding carboxylic acids is 1. The number of hydrogen-bond acceptors (Lipinski definition) is 4. The minimum absolute atomic E-state index is 0.0214. The molecule has 2 N–H and O–H groups in total. The Balaban J connectivity index is 2.01. The summed E-state index contributed by atoms with van der Waals surface area (Å²) in [7, 11) is 3.46. The Labute approximate surface area is 113 Å². The number of benzene rings is 1. The number of ether oxygens (including phenoxy) is 2. The van der Waals surface area contributed by atoms with Crippen molar-refractivity contribution in [1.82, 2.24) is 10.6 Å². The lowest BCUT2D eigenvalue weighted by Crippen LogP contribution is -2.30. The van der Waals surface area contributed by atoms with Crippen LogP contribution >= 0.6 is 0 Å². The standard InChI is InChI=1S/C14H20N2O3/c1-15-8-10-4-3-5-12(18-2)14(10)19-9-13(17)16-11-6-7-11/h3-5,11,15H,6-9H2,1-2H3,(H,16,17). The van der Waals surface area contributed by atoms with Gasteiger partial charge in [0.15, 0.2) is 18.1 Å². The highest BCUT2D eigenvalue weighted by molar-refractivity contribution is 5.78. The van der Waals surface area contributed by atoms with Gasteiger partial charge in [-0.1, -0.05) is 12.1 Å². The van der Waals surface area contributed by atoms with Crippen LogP contribution in [0.15, 0.2) is 18.2 Å². The zero-order valence-corrected chi connectivity index (χ0v) is 11.4. The molecule has 0 spiro atoms. The molecule has 0 radical (unpaired) electrons. The van der Waals surface area contributed by atoms with Crippen LogP contribution in [0.25, 0.3) is 0 Å². The van der Waals surface area contributed by atoms with E-state index in [1.165, 1.54) is 0 Å². The van der Waals surface area contributed by atoms with Gasteiger partial charge < -0.3 is 20.1 Å². The molecule has 1 aromatic rings. The largest absolute Gasteiger partial charge is 0.493 e. The van der Waals surface area contributed by atoms with E-state index in [9.17, 15) is 4.79 Å². The highest BCUT2D eigenvalue weighted by Crippen LogP contribution is 2.31. The molecule has 0 bridgehead atoms. The molecule has 1 aromatic carbocycles. The summed E-state index contributed by atoms with van der Waals surface area (Å²) < 4.78 is 10.9. The van der Waals surface area contributed by atoms with Crippen molar-refractivity contribution in [2.75, 3.05) is 20.8 Å². The first kappa shape index (κ1) is 13.7. The summed E-state index contributed by atoms with van der Waals surface area (Å²) in [5, 5.41) is 5.96. The van der Waals surface area contributed by atoms with E-state index in [4.69, 9.17) is 9.47 Å². The van der Waals surface area contributed by atoms with E-state index in [0.29, 0.717) is 24.1 Å². The van der Waals surface area contributed by atoms with Crippen LogP contribution in [0.5, 0.6) is 11.5 Å². The molecule has 0 unspecified atom stereocenters. The third-order valence-electron chi connectivity index (χ3n) is 2.94. The summed E-state index contributed by atoms with van der Waals surface area (Å²) >= 11 is 0. The van der Waals surface area contributed by atoms with E-state index < -0.39 is 0 Å². The van der Waals surface area contributed by atoms with E-state index >= 15 is 0 Å². The van der Waals surface area contributed by atoms with Gasteiger partial charge in [-0.2, -0.15) is 0 Å². The molecule has 0 aliphatic heterocycles. The van der Waals surface area contributed by atoms with Crippen molar-refractivity contribution in [2.45, 2.75) is 25.4 Å². The van der Waals surface area contributed by atoms with Gasteiger partial charge in [0.25, 0.3) is 5.91 Å². The van der Waals surface area contributed by atoms with E-state index in [2.05, 4.69) is 10.6 Å². The molecular formula is C14H20N2O3. The molecule has 19 heavy (non-hydrogen) atoms. The highest BCUT2D eigenvalue weighted by Gasteiger charge is 2.23. The maximum Gasteiger partial charge on any atom is 0.258 e. The molecule has 0 aromatic heterocycles. The second-order valence-corrected chi connectivity index (χ2v) is 4.61. The van der Waals surface area contributed by atoms with Crippen molar-refractivity contribution in [3.8, 4) is 11.5 Å². The third-order valence-corrected chi connectivity index (χ3v) is 2.94. The first-order chi connectivity index (χ1) is 9.24. The molecule has 0 saturated heterocycles. The summed E-state index contributed by atoms with van der Waals surface area (Å²) in [4.78, 5) is 11.6. The van der Waals surface area contributed by atoms with Gasteiger partial charge in [0.1, 0.15) is 0 Å². The first-order valence-corrected chi connectivity index (χ1v) is 6.47. The first-order valence-electron chi connectivity index (χ1n) is 6.47. The summed E-state index contributed by atoms with van der Waals surface area (Å²) in [6, 6.07) is 6.04. The summed E-state index contributed by atoms with van der Waals surface area (Å²) in [6.45, 7) is 0.685. The van der Waals surface area contributed by atoms with Crippen LogP contribution in [-0.4, -0.2) is 32.7 Å². The number of nitrogens with one attached hydrogen (secondary N) is 2. The predicted molar refractivity (Wildman–Crippen MR) is 72.4 cm³/mol. The molecular weight excluding hydrogens is 244 g/mol. The molecule has 104 valence electrons. The second kappa shape index (κ2) is 6.43. The normalized spacial score (nSPS) is 14.0. The van der Waals surface area contributed by atoms with Crippen LogP contribution in [0.4, 0.5) is 0 Å². The van der Waals surface area contributed by atoms with Crippen LogP contribution in [0.1, 0.15) is 18.4 Å². The van der Waals surface area contributed by atoms with Crippen molar-refractivity contribution in [1.29, 1.82) is 0 Å². The van der Waals surface area contributed by atoms with Crippen molar-refractivity contribution in [3.05, 3.63) is 23.8 Å². The van der Waals surface area contributed by atoms with Gasteiger partial charge in [-0.15, -0.1) is 0 Å². The maximum absolute atomic E-state index is 11.6. The zero-order valence-electron chi connectivity index (χ0n) is 11.4. The van der Waals surface area contributed by atoms with Crippen molar-refractivity contribution in [3.63, 3.8) is 0 Å². The van der Waals surface area contributed by atoms with Crippen LogP contribution in [0, 0.1) is 0 Å². The molecule has 1 saturated carbocycles. The number of para-hydroxylation sites is 1. The van der Waals surface area contributed by atoms with Crippen molar-refractivity contribution in [2.24, 2.45) is 0 Å². The van der Waals surface area contributed by atoms with Crippen molar-refractivity contribution < 1.29 is 14.3 Å². The molecule has 5 nitrogen and oxygen atoms in total. The van der Waals surface area contributed by atoms with Gasteiger partial charge in [0.05, 0.1) is 7.11 Å². The Morgan fingerprint density at radius 3 is 2.84 bits per heavy atom. The van der Waals surface area contributed by atoms with Gasteiger partial charge in [0.2, 0.25) is 0 Å². The summed E-state index contributed by atoms with van der Waals surface area (Å²) in [6.07, 6.45) is 2.15. The van der Waals surface area contributed by atoms with Crippen LogP contribution in [-0.2, 0) is 11.3 Å². The number of rotatable bonds is 7. The van der Waals surface area contributed by atoms with Crippen LogP contribution in [0.2, 0.25) is 0 Å². The van der Waals surface area contributed by atoms with Crippen molar-refractivity contribution >= 4 is 5.91 Å². The molecule has 1 amide bonds. The quantitative estimate of drug-likeness (QED) is 0.773. The SMILES string of the molecule is CNCc1cccc(OC)c1OCC(=O)NC1CC1. The Morgan fingerprint density at radius 1 is 1.42 bits per heavy atom. The fourth-order valence-electron chi connectivity index (χ4n) is 1.85. The Bertz CT molecular complexity index is 444. The second-order valence-electron chi connectivity index (χ2n) is 4.61. The third kappa shape index (κ3) is 3.86. The number of hydrogen-bond donors (Lipinski definition) is 2. The van der Waals surface area contributed by atoms with Crippen LogP contribution < -0.4 is 20.1 Å². The monoisotopic (exact) mass is 264 g/mol. The summed E-state index contributed by atoms with van der Waals surface area (Å²) in [5.41, 5.74) is 0.973. The Hall–Kier alpha value is -1.75. The fourth-order valence-corrected chi connectivity index (χ4v) is 1.85. The van der Waals surface area contributed by atoms with Gasteiger partial charge in [0, 0.05) is 18.2 Å². The molecule has 2 rings (SSSR count). The number of amides is 1. The molecule has 0 atom stereocenters. The smallest absolute Gasteiger partial charge is 0.258 e. The van der Waals surface area contributed by atoms with Gasteiger partial charge in [-0.05, 0) is 26.0 Å². The van der Waals surface area contributed by atoms with Gasteiger partial charge >= 0.3 is 0 Å². The topological polar surface area (TPSA) is 59.6 Å². The number of methoxy groups -OCH3 is 1. The lowest BCUT2D eigenvalue weighted by molar-refractivity contribution is -0.123. The molecule has 1 fully saturated rings. The van der Waals surface area contributed by atoms with Crippen LogP contribution in [0.3, 0.4) is 0 Å². The zero-order chi connectivity index (χ0) is 13.7. The van der Waals surface area contributed by atoms with E-state index in [1.807, 2.05) is 25.2 Å². The van der Waals surface area contributed by atoms with Gasteiger partial charge in [-0.25, -0.2) is 0 Å². The molecule has 1 aliphatic carbocycles. The minimum Gasteiger partial charge on any atom is -0.493 e. The average molecular weight is 264 g/mol. The lowest BCUT2D eigenvalue weighted by Gasteiger charge is -2.14. The fraction of sp³-hybridized carbons (Fsp3) is 0.500. The predicted octanol–water partition coefficient (Wildman–Crippen LogP) is 1.07. The maximum atomic E-state index is 11.6. The average Bonchev–Trinajstić information content (AvgIpc) is 3.21. The minimum atomic E-state index is -0.0798. The number of carbonyl (C=O) groups is 1. The van der Waals surface area contributed by atoms with E-state index in [1.54, 1.807) is 7.11 Å². The van der Waals surface area contributed by atoms with Gasteiger partial charge in [-0.3, -0.25) is 4.79 Å². The summed E-state index contributed by atoms with van der Waals surface area (Å²) in [5.74, 6) is 1.20. The lowest BCUT2D eigenvalue weighted by atomic mass is 10.2.